The van der Waals surface area contributed by atoms with Gasteiger partial charge in [-0.25, -0.2) is 4.79 Å². The zero-order valence-corrected chi connectivity index (χ0v) is 12.4. The normalized spacial score (nSPS) is 22.1. The Bertz CT molecular complexity index is 519. The fourth-order valence-electron chi connectivity index (χ4n) is 2.78. The van der Waals surface area contributed by atoms with Crippen LogP contribution in [0.15, 0.2) is 42.5 Å². The van der Waals surface area contributed by atoms with Crippen molar-refractivity contribution in [2.45, 2.75) is 26.2 Å². The zero-order valence-electron chi connectivity index (χ0n) is 12.4. The van der Waals surface area contributed by atoms with Crippen molar-refractivity contribution in [3.63, 3.8) is 0 Å². The standard InChI is InChI=1S/C11H12O3.C7H10/c1-2-14-10-6-4-3-5-9(10)7-8-11(12)13;1-2-7-4-3-6(1)5-7/h3-8H,2H2,1H3,(H,12,13);1-2,6-7H,3-5H2. The molecule has 0 aromatic heterocycles. The molecule has 0 radical (unpaired) electrons. The van der Waals surface area contributed by atoms with Crippen LogP contribution in [0.5, 0.6) is 5.75 Å². The van der Waals surface area contributed by atoms with Crippen LogP contribution in [-0.4, -0.2) is 17.7 Å². The van der Waals surface area contributed by atoms with E-state index in [4.69, 9.17) is 9.84 Å². The summed E-state index contributed by atoms with van der Waals surface area (Å²) in [5.74, 6) is 1.72. The van der Waals surface area contributed by atoms with Crippen LogP contribution in [0.2, 0.25) is 0 Å². The summed E-state index contributed by atoms with van der Waals surface area (Å²) in [6.07, 6.45) is 11.8. The Morgan fingerprint density at radius 2 is 1.95 bits per heavy atom. The number of carboxylic acids is 1. The van der Waals surface area contributed by atoms with Crippen LogP contribution in [0.1, 0.15) is 31.7 Å². The lowest BCUT2D eigenvalue weighted by Crippen LogP contribution is -1.93. The van der Waals surface area contributed by atoms with Gasteiger partial charge in [-0.3, -0.25) is 0 Å². The number of fused-ring (bicyclic) bond motifs is 2. The first-order chi connectivity index (χ1) is 10.2. The molecule has 0 heterocycles. The molecule has 2 unspecified atom stereocenters. The summed E-state index contributed by atoms with van der Waals surface area (Å²) < 4.78 is 5.33. The van der Waals surface area contributed by atoms with Crippen LogP contribution in [0.4, 0.5) is 0 Å². The Balaban J connectivity index is 0.000000189. The van der Waals surface area contributed by atoms with Gasteiger partial charge in [0.2, 0.25) is 0 Å². The molecular weight excluding hydrogens is 264 g/mol. The van der Waals surface area contributed by atoms with Gasteiger partial charge in [-0.1, -0.05) is 30.4 Å². The van der Waals surface area contributed by atoms with Crippen molar-refractivity contribution in [2.24, 2.45) is 11.8 Å². The fraction of sp³-hybridized carbons (Fsp3) is 0.389. The predicted octanol–water partition coefficient (Wildman–Crippen LogP) is 4.16. The Hall–Kier alpha value is -2.03. The number of carboxylic acid groups (broad SMARTS) is 1. The Kier molecular flexibility index (Phi) is 5.61. The Morgan fingerprint density at radius 1 is 1.29 bits per heavy atom. The van der Waals surface area contributed by atoms with Gasteiger partial charge in [-0.05, 0) is 50.2 Å². The van der Waals surface area contributed by atoms with Crippen LogP contribution in [-0.2, 0) is 4.79 Å². The lowest BCUT2D eigenvalue weighted by molar-refractivity contribution is -0.131. The molecule has 0 aliphatic heterocycles. The van der Waals surface area contributed by atoms with Crippen molar-refractivity contribution >= 4 is 12.0 Å². The minimum atomic E-state index is -0.962. The molecule has 2 atom stereocenters. The first-order valence-corrected chi connectivity index (χ1v) is 7.50. The zero-order chi connectivity index (χ0) is 15.1. The molecule has 3 rings (SSSR count). The predicted molar refractivity (Wildman–Crippen MR) is 84.3 cm³/mol. The third kappa shape index (κ3) is 4.78. The van der Waals surface area contributed by atoms with Gasteiger partial charge in [0, 0.05) is 11.6 Å². The second-order valence-electron chi connectivity index (χ2n) is 5.36. The van der Waals surface area contributed by atoms with E-state index in [1.54, 1.807) is 0 Å². The van der Waals surface area contributed by atoms with Crippen molar-refractivity contribution in [2.75, 3.05) is 6.61 Å². The van der Waals surface area contributed by atoms with Gasteiger partial charge in [0.05, 0.1) is 6.61 Å². The molecule has 2 aliphatic carbocycles. The van der Waals surface area contributed by atoms with Gasteiger partial charge >= 0.3 is 5.97 Å². The number of carbonyl (C=O) groups is 1. The summed E-state index contributed by atoms with van der Waals surface area (Å²) in [5.41, 5.74) is 0.775. The monoisotopic (exact) mass is 286 g/mol. The quantitative estimate of drug-likeness (QED) is 0.668. The number of aliphatic carboxylic acids is 1. The molecule has 1 fully saturated rings. The van der Waals surface area contributed by atoms with E-state index in [1.807, 2.05) is 31.2 Å². The maximum Gasteiger partial charge on any atom is 0.328 e. The Morgan fingerprint density at radius 3 is 2.43 bits per heavy atom. The van der Waals surface area contributed by atoms with Crippen molar-refractivity contribution in [3.05, 3.63) is 48.1 Å². The number of hydrogen-bond acceptors (Lipinski definition) is 2. The molecule has 0 spiro atoms. The molecule has 0 saturated heterocycles. The van der Waals surface area contributed by atoms with Crippen molar-refractivity contribution in [1.82, 2.24) is 0 Å². The van der Waals surface area contributed by atoms with Crippen LogP contribution in [0, 0.1) is 11.8 Å². The molecule has 1 aromatic carbocycles. The van der Waals surface area contributed by atoms with Crippen molar-refractivity contribution in [3.8, 4) is 5.75 Å². The summed E-state index contributed by atoms with van der Waals surface area (Å²) in [6, 6.07) is 7.31. The van der Waals surface area contributed by atoms with Crippen molar-refractivity contribution in [1.29, 1.82) is 0 Å². The van der Waals surface area contributed by atoms with E-state index < -0.39 is 5.97 Å². The second kappa shape index (κ2) is 7.67. The number of rotatable bonds is 4. The van der Waals surface area contributed by atoms with Gasteiger partial charge in [-0.2, -0.15) is 0 Å². The van der Waals surface area contributed by atoms with Crippen molar-refractivity contribution < 1.29 is 14.6 Å². The molecule has 2 aliphatic rings. The van der Waals surface area contributed by atoms with E-state index in [0.29, 0.717) is 12.4 Å². The van der Waals surface area contributed by atoms with E-state index in [2.05, 4.69) is 12.2 Å². The number of allylic oxidation sites excluding steroid dienone is 2. The van der Waals surface area contributed by atoms with Gasteiger partial charge in [0.25, 0.3) is 0 Å². The van der Waals surface area contributed by atoms with Crippen LogP contribution >= 0.6 is 0 Å². The van der Waals surface area contributed by atoms with E-state index in [-0.39, 0.29) is 0 Å². The lowest BCUT2D eigenvalue weighted by atomic mass is 10.1. The van der Waals surface area contributed by atoms with Gasteiger partial charge in [0.1, 0.15) is 5.75 Å². The highest BCUT2D eigenvalue weighted by Gasteiger charge is 2.25. The summed E-state index contributed by atoms with van der Waals surface area (Å²) >= 11 is 0. The molecule has 1 saturated carbocycles. The maximum absolute atomic E-state index is 10.3. The van der Waals surface area contributed by atoms with Crippen LogP contribution in [0.25, 0.3) is 6.08 Å². The SMILES string of the molecule is C1=CC2CCC1C2.CCOc1ccccc1C=CC(=O)O. The summed E-state index contributed by atoms with van der Waals surface area (Å²) in [4.78, 5) is 10.3. The molecule has 1 N–H and O–H groups in total. The third-order valence-corrected chi connectivity index (χ3v) is 3.79. The highest BCUT2D eigenvalue weighted by molar-refractivity contribution is 5.85. The average molecular weight is 286 g/mol. The Labute approximate surface area is 125 Å². The van der Waals surface area contributed by atoms with Crippen LogP contribution in [0.3, 0.4) is 0 Å². The number of ether oxygens (including phenoxy) is 1. The lowest BCUT2D eigenvalue weighted by Gasteiger charge is -2.05. The molecule has 21 heavy (non-hydrogen) atoms. The molecule has 3 heteroatoms. The largest absolute Gasteiger partial charge is 0.493 e. The minimum Gasteiger partial charge on any atom is -0.493 e. The summed E-state index contributed by atoms with van der Waals surface area (Å²) in [7, 11) is 0. The average Bonchev–Trinajstić information content (AvgIpc) is 3.12. The molecule has 1 aromatic rings. The first-order valence-electron chi connectivity index (χ1n) is 7.50. The fourth-order valence-corrected chi connectivity index (χ4v) is 2.78. The highest BCUT2D eigenvalue weighted by Crippen LogP contribution is 2.38. The van der Waals surface area contributed by atoms with E-state index in [9.17, 15) is 4.79 Å². The summed E-state index contributed by atoms with van der Waals surface area (Å²) in [6.45, 7) is 2.45. The smallest absolute Gasteiger partial charge is 0.328 e. The van der Waals surface area contributed by atoms with E-state index >= 15 is 0 Å². The summed E-state index contributed by atoms with van der Waals surface area (Å²) in [5, 5.41) is 8.47. The highest BCUT2D eigenvalue weighted by atomic mass is 16.5. The molecule has 3 nitrogen and oxygen atoms in total. The number of hydrogen-bond donors (Lipinski definition) is 1. The van der Waals surface area contributed by atoms with Gasteiger partial charge in [-0.15, -0.1) is 0 Å². The minimum absolute atomic E-state index is 0.567. The number of benzene rings is 1. The third-order valence-electron chi connectivity index (χ3n) is 3.79. The van der Waals surface area contributed by atoms with E-state index in [0.717, 1.165) is 23.5 Å². The van der Waals surface area contributed by atoms with E-state index in [1.165, 1.54) is 25.3 Å². The first kappa shape index (κ1) is 15.4. The molecule has 112 valence electrons. The second-order valence-corrected chi connectivity index (χ2v) is 5.36. The number of para-hydroxylation sites is 1. The topological polar surface area (TPSA) is 46.5 Å². The van der Waals surface area contributed by atoms with Gasteiger partial charge < -0.3 is 9.84 Å². The van der Waals surface area contributed by atoms with Crippen LogP contribution < -0.4 is 4.74 Å². The van der Waals surface area contributed by atoms with Gasteiger partial charge in [0.15, 0.2) is 0 Å². The molecular formula is C18H22O3. The molecule has 2 bridgehead atoms. The maximum atomic E-state index is 10.3. The molecule has 0 amide bonds.